The van der Waals surface area contributed by atoms with E-state index in [4.69, 9.17) is 16.6 Å². The topological polar surface area (TPSA) is 89.3 Å². The molecule has 0 saturated heterocycles. The van der Waals surface area contributed by atoms with Gasteiger partial charge in [0.15, 0.2) is 0 Å². The van der Waals surface area contributed by atoms with Crippen LogP contribution in [-0.2, 0) is 11.2 Å². The molecule has 0 fully saturated rings. The lowest BCUT2D eigenvalue weighted by molar-refractivity contribution is -0.136. The zero-order valence-corrected chi connectivity index (χ0v) is 6.75. The van der Waals surface area contributed by atoms with Gasteiger partial charge in [-0.2, -0.15) is 0 Å². The number of rotatable bonds is 2. The van der Waals surface area contributed by atoms with Crippen LogP contribution in [0.15, 0.2) is 12.1 Å². The summed E-state index contributed by atoms with van der Waals surface area (Å²) in [6, 6.07) is 2.42. The molecule has 0 aliphatic rings. The summed E-state index contributed by atoms with van der Waals surface area (Å²) >= 11 is 0. The van der Waals surface area contributed by atoms with Crippen molar-refractivity contribution in [3.8, 4) is 0 Å². The molecular formula is C8H9FN2O2. The molecule has 0 aliphatic carbocycles. The molecule has 1 rings (SSSR count). The highest BCUT2D eigenvalue weighted by molar-refractivity contribution is 5.77. The van der Waals surface area contributed by atoms with E-state index in [-0.39, 0.29) is 17.8 Å². The number of anilines is 2. The molecule has 0 heterocycles. The van der Waals surface area contributed by atoms with Crippen molar-refractivity contribution in [3.63, 3.8) is 0 Å². The molecule has 0 saturated carbocycles. The van der Waals surface area contributed by atoms with E-state index in [0.29, 0.717) is 5.56 Å². The molecule has 0 bridgehead atoms. The summed E-state index contributed by atoms with van der Waals surface area (Å²) in [5.41, 5.74) is 10.8. The van der Waals surface area contributed by atoms with Gasteiger partial charge in [-0.3, -0.25) is 4.79 Å². The maximum atomic E-state index is 12.7. The minimum absolute atomic E-state index is 0.00222. The number of hydrogen-bond donors (Lipinski definition) is 3. The summed E-state index contributed by atoms with van der Waals surface area (Å²) in [6.45, 7) is 0. The normalized spacial score (nSPS) is 9.92. The molecule has 0 aliphatic heterocycles. The number of carbonyl (C=O) groups is 1. The third-order valence-electron chi connectivity index (χ3n) is 1.67. The van der Waals surface area contributed by atoms with Crippen molar-refractivity contribution in [2.75, 3.05) is 11.5 Å². The highest BCUT2D eigenvalue weighted by atomic mass is 19.1. The van der Waals surface area contributed by atoms with E-state index in [1.165, 1.54) is 6.07 Å². The van der Waals surface area contributed by atoms with Crippen LogP contribution in [0.2, 0.25) is 0 Å². The van der Waals surface area contributed by atoms with Crippen molar-refractivity contribution in [3.05, 3.63) is 23.5 Å². The minimum atomic E-state index is -1.03. The number of benzene rings is 1. The van der Waals surface area contributed by atoms with Gasteiger partial charge in [-0.15, -0.1) is 0 Å². The molecule has 0 atom stereocenters. The number of hydrogen-bond acceptors (Lipinski definition) is 3. The first-order valence-corrected chi connectivity index (χ1v) is 3.56. The highest BCUT2D eigenvalue weighted by Gasteiger charge is 2.09. The second-order valence-electron chi connectivity index (χ2n) is 2.60. The van der Waals surface area contributed by atoms with E-state index in [0.717, 1.165) is 6.07 Å². The Bertz CT molecular complexity index is 352. The minimum Gasteiger partial charge on any atom is -0.481 e. The van der Waals surface area contributed by atoms with Gasteiger partial charge >= 0.3 is 5.97 Å². The van der Waals surface area contributed by atoms with Crippen LogP contribution < -0.4 is 11.5 Å². The standard InChI is InChI=1S/C8H9FN2O2/c9-5-2-1-4(3-6(12)13)7(10)8(5)11/h1-2H,3,10-11H2,(H,12,13). The number of nitrogen functional groups attached to an aromatic ring is 2. The van der Waals surface area contributed by atoms with Crippen LogP contribution >= 0.6 is 0 Å². The SMILES string of the molecule is Nc1c(F)ccc(CC(=O)O)c1N. The molecular weight excluding hydrogens is 175 g/mol. The van der Waals surface area contributed by atoms with Crippen LogP contribution in [0.25, 0.3) is 0 Å². The van der Waals surface area contributed by atoms with Crippen molar-refractivity contribution < 1.29 is 14.3 Å². The number of carboxylic acid groups (broad SMARTS) is 1. The van der Waals surface area contributed by atoms with E-state index in [2.05, 4.69) is 0 Å². The van der Waals surface area contributed by atoms with Crippen molar-refractivity contribution in [1.29, 1.82) is 0 Å². The maximum absolute atomic E-state index is 12.7. The number of halogens is 1. The second kappa shape index (κ2) is 3.30. The van der Waals surface area contributed by atoms with Crippen LogP contribution in [0.3, 0.4) is 0 Å². The van der Waals surface area contributed by atoms with Crippen molar-refractivity contribution in [1.82, 2.24) is 0 Å². The summed E-state index contributed by atoms with van der Waals surface area (Å²) in [5.74, 6) is -1.66. The quantitative estimate of drug-likeness (QED) is 0.587. The first-order chi connectivity index (χ1) is 6.02. The van der Waals surface area contributed by atoms with E-state index >= 15 is 0 Å². The molecule has 0 spiro atoms. The first-order valence-electron chi connectivity index (χ1n) is 3.56. The third kappa shape index (κ3) is 1.87. The highest BCUT2D eigenvalue weighted by Crippen LogP contribution is 2.23. The van der Waals surface area contributed by atoms with Crippen molar-refractivity contribution in [2.24, 2.45) is 0 Å². The molecule has 0 unspecified atom stereocenters. The van der Waals surface area contributed by atoms with Gasteiger partial charge in [0.05, 0.1) is 17.8 Å². The summed E-state index contributed by atoms with van der Waals surface area (Å²) in [7, 11) is 0. The molecule has 4 nitrogen and oxygen atoms in total. The third-order valence-corrected chi connectivity index (χ3v) is 1.67. The van der Waals surface area contributed by atoms with Gasteiger partial charge in [0.2, 0.25) is 0 Å². The van der Waals surface area contributed by atoms with Crippen LogP contribution in [0.1, 0.15) is 5.56 Å². The van der Waals surface area contributed by atoms with Crippen LogP contribution in [0.5, 0.6) is 0 Å². The molecule has 0 radical (unpaired) electrons. The monoisotopic (exact) mass is 184 g/mol. The molecule has 5 heteroatoms. The second-order valence-corrected chi connectivity index (χ2v) is 2.60. The van der Waals surface area contributed by atoms with Gasteiger partial charge < -0.3 is 16.6 Å². The van der Waals surface area contributed by atoms with Gasteiger partial charge in [-0.05, 0) is 11.6 Å². The predicted molar refractivity (Wildman–Crippen MR) is 46.6 cm³/mol. The lowest BCUT2D eigenvalue weighted by atomic mass is 10.1. The Morgan fingerprint density at radius 2 is 2.00 bits per heavy atom. The summed E-state index contributed by atoms with van der Waals surface area (Å²) < 4.78 is 12.7. The Balaban J connectivity index is 3.10. The average molecular weight is 184 g/mol. The lowest BCUT2D eigenvalue weighted by Gasteiger charge is -2.06. The largest absolute Gasteiger partial charge is 0.481 e. The fourth-order valence-corrected chi connectivity index (χ4v) is 0.972. The predicted octanol–water partition coefficient (Wildman–Crippen LogP) is 0.617. The average Bonchev–Trinajstić information content (AvgIpc) is 2.06. The Morgan fingerprint density at radius 1 is 1.38 bits per heavy atom. The Labute approximate surface area is 74.0 Å². The summed E-state index contributed by atoms with van der Waals surface area (Å²) in [6.07, 6.45) is -0.254. The van der Waals surface area contributed by atoms with Gasteiger partial charge in [0, 0.05) is 0 Å². The lowest BCUT2D eigenvalue weighted by Crippen LogP contribution is -2.07. The Morgan fingerprint density at radius 3 is 2.54 bits per heavy atom. The van der Waals surface area contributed by atoms with Gasteiger partial charge in [0.1, 0.15) is 5.82 Å². The molecule has 5 N–H and O–H groups in total. The zero-order valence-electron chi connectivity index (χ0n) is 6.75. The van der Waals surface area contributed by atoms with E-state index in [1.54, 1.807) is 0 Å². The van der Waals surface area contributed by atoms with Crippen molar-refractivity contribution in [2.45, 2.75) is 6.42 Å². The van der Waals surface area contributed by atoms with Crippen molar-refractivity contribution >= 4 is 17.3 Å². The molecule has 70 valence electrons. The number of aliphatic carboxylic acids is 1. The summed E-state index contributed by atoms with van der Waals surface area (Å²) in [5, 5.41) is 8.46. The van der Waals surface area contributed by atoms with Crippen LogP contribution in [-0.4, -0.2) is 11.1 Å². The maximum Gasteiger partial charge on any atom is 0.307 e. The number of carboxylic acids is 1. The fraction of sp³-hybridized carbons (Fsp3) is 0.125. The first kappa shape index (κ1) is 9.31. The zero-order chi connectivity index (χ0) is 10.0. The molecule has 0 amide bonds. The van der Waals surface area contributed by atoms with Crippen LogP contribution in [0.4, 0.5) is 15.8 Å². The number of nitrogens with two attached hydrogens (primary N) is 2. The molecule has 1 aromatic rings. The molecule has 0 aromatic heterocycles. The molecule has 1 aromatic carbocycles. The Kier molecular flexibility index (Phi) is 2.36. The smallest absolute Gasteiger partial charge is 0.307 e. The Hall–Kier alpha value is -1.78. The van der Waals surface area contributed by atoms with Gasteiger partial charge in [-0.1, -0.05) is 6.07 Å². The molecule has 13 heavy (non-hydrogen) atoms. The summed E-state index contributed by atoms with van der Waals surface area (Å²) in [4.78, 5) is 10.3. The van der Waals surface area contributed by atoms with E-state index in [1.807, 2.05) is 0 Å². The van der Waals surface area contributed by atoms with E-state index < -0.39 is 11.8 Å². The van der Waals surface area contributed by atoms with Gasteiger partial charge in [-0.25, -0.2) is 4.39 Å². The van der Waals surface area contributed by atoms with Gasteiger partial charge in [0.25, 0.3) is 0 Å². The fourth-order valence-electron chi connectivity index (χ4n) is 0.972. The van der Waals surface area contributed by atoms with E-state index in [9.17, 15) is 9.18 Å². The van der Waals surface area contributed by atoms with Crippen LogP contribution in [0, 0.1) is 5.82 Å².